The quantitative estimate of drug-likeness (QED) is 0.257. The zero-order valence-electron chi connectivity index (χ0n) is 21.6. The van der Waals surface area contributed by atoms with Crippen LogP contribution in [0.15, 0.2) is 89.5 Å². The predicted molar refractivity (Wildman–Crippen MR) is 144 cm³/mol. The van der Waals surface area contributed by atoms with Crippen LogP contribution in [0, 0.1) is 6.92 Å². The summed E-state index contributed by atoms with van der Waals surface area (Å²) in [5.74, 6) is 0.120. The zero-order valence-corrected chi connectivity index (χ0v) is 21.6. The van der Waals surface area contributed by atoms with Crippen LogP contribution >= 0.6 is 0 Å². The molecule has 0 saturated carbocycles. The van der Waals surface area contributed by atoms with E-state index in [1.54, 1.807) is 6.92 Å². The normalized spacial score (nSPS) is 12.4. The lowest BCUT2D eigenvalue weighted by Crippen LogP contribution is -2.39. The largest absolute Gasteiger partial charge is 0.468 e. The molecule has 0 spiro atoms. The van der Waals surface area contributed by atoms with Crippen LogP contribution in [0.5, 0.6) is 0 Å². The number of hydrogen-bond donors (Lipinski definition) is 2. The fraction of sp³-hybridized carbons (Fsp3) is 0.233. The lowest BCUT2D eigenvalue weighted by Gasteiger charge is -2.17. The summed E-state index contributed by atoms with van der Waals surface area (Å²) in [5.41, 5.74) is 4.65. The monoisotopic (exact) mass is 513 g/mol. The number of anilines is 1. The van der Waals surface area contributed by atoms with E-state index >= 15 is 0 Å². The predicted octanol–water partition coefficient (Wildman–Crippen LogP) is 5.83. The van der Waals surface area contributed by atoms with E-state index in [0.29, 0.717) is 30.1 Å². The Hall–Kier alpha value is -4.43. The molecule has 0 aliphatic heterocycles. The molecule has 0 radical (unpaired) electrons. The first-order valence-corrected chi connectivity index (χ1v) is 12.4. The van der Waals surface area contributed by atoms with Crippen molar-refractivity contribution in [2.24, 2.45) is 0 Å². The van der Waals surface area contributed by atoms with Crippen molar-refractivity contribution >= 4 is 17.7 Å². The standard InChI is InChI=1S/C30H31N3O5/c1-20-27(32-30(35)37-21(2)24-12-8-5-9-13-24)28(38-33-20)25-16-14-23(15-17-25)19-31-26(29(34)36-3)18-22-10-6-4-7-11-22/h4-17,21,26,31H,18-19H2,1-3H3,(H,32,35). The molecule has 0 bridgehead atoms. The van der Waals surface area contributed by atoms with Crippen molar-refractivity contribution < 1.29 is 23.6 Å². The van der Waals surface area contributed by atoms with Crippen molar-refractivity contribution in [1.82, 2.24) is 10.5 Å². The van der Waals surface area contributed by atoms with Gasteiger partial charge in [0.2, 0.25) is 0 Å². The van der Waals surface area contributed by atoms with Crippen LogP contribution in [0.4, 0.5) is 10.5 Å². The first-order valence-electron chi connectivity index (χ1n) is 12.4. The maximum Gasteiger partial charge on any atom is 0.412 e. The zero-order chi connectivity index (χ0) is 26.9. The third-order valence-electron chi connectivity index (χ3n) is 6.18. The summed E-state index contributed by atoms with van der Waals surface area (Å²) >= 11 is 0. The maximum atomic E-state index is 12.6. The number of hydrogen-bond acceptors (Lipinski definition) is 7. The average Bonchev–Trinajstić information content (AvgIpc) is 3.31. The van der Waals surface area contributed by atoms with Gasteiger partial charge < -0.3 is 19.3 Å². The van der Waals surface area contributed by atoms with Gasteiger partial charge in [0.15, 0.2) is 5.76 Å². The van der Waals surface area contributed by atoms with Crippen molar-refractivity contribution in [1.29, 1.82) is 0 Å². The van der Waals surface area contributed by atoms with Crippen molar-refractivity contribution in [3.63, 3.8) is 0 Å². The molecule has 0 aliphatic carbocycles. The lowest BCUT2D eigenvalue weighted by atomic mass is 10.0. The first kappa shape index (κ1) is 26.6. The molecule has 8 nitrogen and oxygen atoms in total. The third kappa shape index (κ3) is 6.86. The molecule has 196 valence electrons. The smallest absolute Gasteiger partial charge is 0.412 e. The highest BCUT2D eigenvalue weighted by Gasteiger charge is 2.21. The molecule has 1 heterocycles. The minimum atomic E-state index is -0.595. The molecular weight excluding hydrogens is 482 g/mol. The van der Waals surface area contributed by atoms with Gasteiger partial charge in [-0.2, -0.15) is 0 Å². The number of methoxy groups -OCH3 is 1. The molecule has 2 unspecified atom stereocenters. The summed E-state index contributed by atoms with van der Waals surface area (Å²) in [6.45, 7) is 4.03. The number of ether oxygens (including phenoxy) is 2. The van der Waals surface area contributed by atoms with Gasteiger partial charge in [-0.1, -0.05) is 90.1 Å². The number of aromatic nitrogens is 1. The Morgan fingerprint density at radius 1 is 0.921 bits per heavy atom. The molecule has 2 atom stereocenters. The highest BCUT2D eigenvalue weighted by molar-refractivity contribution is 5.90. The second-order valence-electron chi connectivity index (χ2n) is 8.90. The van der Waals surface area contributed by atoms with Crippen molar-refractivity contribution in [2.75, 3.05) is 12.4 Å². The molecule has 0 saturated heterocycles. The van der Waals surface area contributed by atoms with E-state index < -0.39 is 18.2 Å². The molecule has 8 heteroatoms. The van der Waals surface area contributed by atoms with Gasteiger partial charge in [-0.25, -0.2) is 4.79 Å². The van der Waals surface area contributed by atoms with Crippen LogP contribution in [0.25, 0.3) is 11.3 Å². The van der Waals surface area contributed by atoms with E-state index in [1.165, 1.54) is 7.11 Å². The van der Waals surface area contributed by atoms with E-state index in [2.05, 4.69) is 15.8 Å². The topological polar surface area (TPSA) is 103 Å². The number of amides is 1. The van der Waals surface area contributed by atoms with E-state index in [9.17, 15) is 9.59 Å². The molecular formula is C30H31N3O5. The summed E-state index contributed by atoms with van der Waals surface area (Å²) in [5, 5.41) is 10.1. The molecule has 38 heavy (non-hydrogen) atoms. The van der Waals surface area contributed by atoms with Crippen LogP contribution in [0.2, 0.25) is 0 Å². The van der Waals surface area contributed by atoms with Crippen molar-refractivity contribution in [3.8, 4) is 11.3 Å². The molecule has 2 N–H and O–H groups in total. The van der Waals surface area contributed by atoms with Crippen LogP contribution in [-0.2, 0) is 27.2 Å². The van der Waals surface area contributed by atoms with Gasteiger partial charge in [-0.15, -0.1) is 0 Å². The molecule has 1 aromatic heterocycles. The Balaban J connectivity index is 1.40. The minimum Gasteiger partial charge on any atom is -0.468 e. The summed E-state index contributed by atoms with van der Waals surface area (Å²) < 4.78 is 16.0. The second-order valence-corrected chi connectivity index (χ2v) is 8.90. The van der Waals surface area contributed by atoms with Gasteiger partial charge in [0.05, 0.1) is 7.11 Å². The van der Waals surface area contributed by atoms with E-state index in [0.717, 1.165) is 22.3 Å². The summed E-state index contributed by atoms with van der Waals surface area (Å²) in [4.78, 5) is 24.9. The number of carbonyl (C=O) groups is 2. The molecule has 0 fully saturated rings. The highest BCUT2D eigenvalue weighted by Crippen LogP contribution is 2.31. The number of rotatable bonds is 10. The molecule has 3 aromatic carbocycles. The summed E-state index contributed by atoms with van der Waals surface area (Å²) in [6, 6.07) is 26.4. The number of aryl methyl sites for hydroxylation is 1. The van der Waals surface area contributed by atoms with Crippen LogP contribution in [-0.4, -0.2) is 30.4 Å². The number of benzene rings is 3. The summed E-state index contributed by atoms with van der Waals surface area (Å²) in [7, 11) is 1.39. The van der Waals surface area contributed by atoms with Gasteiger partial charge in [0.25, 0.3) is 0 Å². The van der Waals surface area contributed by atoms with E-state index in [4.69, 9.17) is 14.0 Å². The Kier molecular flexibility index (Phi) is 8.89. The molecule has 1 amide bonds. The van der Waals surface area contributed by atoms with Gasteiger partial charge in [-0.3, -0.25) is 10.1 Å². The minimum absolute atomic E-state index is 0.313. The van der Waals surface area contributed by atoms with Gasteiger partial charge in [0.1, 0.15) is 23.5 Å². The number of esters is 1. The van der Waals surface area contributed by atoms with Gasteiger partial charge in [-0.05, 0) is 37.0 Å². The first-order chi connectivity index (χ1) is 18.4. The van der Waals surface area contributed by atoms with Crippen LogP contribution in [0.3, 0.4) is 0 Å². The van der Waals surface area contributed by atoms with Crippen molar-refractivity contribution in [2.45, 2.75) is 39.0 Å². The van der Waals surface area contributed by atoms with E-state index in [1.807, 2.05) is 91.9 Å². The SMILES string of the molecule is COC(=O)C(Cc1ccccc1)NCc1ccc(-c2onc(C)c2NC(=O)OC(C)c2ccccc2)cc1. The Bertz CT molecular complexity index is 1340. The highest BCUT2D eigenvalue weighted by atomic mass is 16.6. The van der Waals surface area contributed by atoms with Crippen LogP contribution in [0.1, 0.15) is 35.4 Å². The average molecular weight is 514 g/mol. The maximum absolute atomic E-state index is 12.6. The second kappa shape index (κ2) is 12.7. The van der Waals surface area contributed by atoms with Crippen LogP contribution < -0.4 is 10.6 Å². The fourth-order valence-corrected chi connectivity index (χ4v) is 4.04. The number of nitrogens with zero attached hydrogens (tertiary/aromatic N) is 1. The molecule has 4 aromatic rings. The van der Waals surface area contributed by atoms with Crippen molar-refractivity contribution in [3.05, 3.63) is 107 Å². The Labute approximate surface area is 222 Å². The Morgan fingerprint density at radius 2 is 1.58 bits per heavy atom. The number of carbonyl (C=O) groups excluding carboxylic acids is 2. The summed E-state index contributed by atoms with van der Waals surface area (Å²) in [6.07, 6.45) is -0.485. The van der Waals surface area contributed by atoms with E-state index in [-0.39, 0.29) is 5.97 Å². The molecule has 0 aliphatic rings. The Morgan fingerprint density at radius 3 is 2.24 bits per heavy atom. The lowest BCUT2D eigenvalue weighted by molar-refractivity contribution is -0.143. The third-order valence-corrected chi connectivity index (χ3v) is 6.18. The van der Waals surface area contributed by atoms with Gasteiger partial charge in [0, 0.05) is 12.1 Å². The number of nitrogens with one attached hydrogen (secondary N) is 2. The fourth-order valence-electron chi connectivity index (χ4n) is 4.04. The molecule has 4 rings (SSSR count). The van der Waals surface area contributed by atoms with Gasteiger partial charge >= 0.3 is 12.1 Å².